The fourth-order valence-electron chi connectivity index (χ4n) is 4.43. The number of likely N-dealkylation sites (tertiary alicyclic amines) is 2. The van der Waals surface area contributed by atoms with E-state index in [2.05, 4.69) is 11.9 Å². The molecule has 2 saturated heterocycles. The maximum atomic E-state index is 13.0. The Morgan fingerprint density at radius 1 is 1.21 bits per heavy atom. The van der Waals surface area contributed by atoms with Crippen LogP contribution < -0.4 is 11.1 Å². The second kappa shape index (κ2) is 9.58. The number of piperidine rings is 1. The molecule has 1 aromatic carbocycles. The van der Waals surface area contributed by atoms with E-state index in [0.717, 1.165) is 18.4 Å². The number of rotatable bonds is 6. The molecular formula is C22H30N4O3. The van der Waals surface area contributed by atoms with Crippen molar-refractivity contribution < 1.29 is 14.4 Å². The van der Waals surface area contributed by atoms with Gasteiger partial charge in [0.25, 0.3) is 0 Å². The fraction of sp³-hybridized carbons (Fsp3) is 0.500. The molecular weight excluding hydrogens is 368 g/mol. The van der Waals surface area contributed by atoms with Crippen LogP contribution in [-0.2, 0) is 16.0 Å². The molecule has 0 saturated carbocycles. The van der Waals surface area contributed by atoms with E-state index in [1.165, 1.54) is 0 Å². The summed E-state index contributed by atoms with van der Waals surface area (Å²) in [6.45, 7) is 5.82. The van der Waals surface area contributed by atoms with Gasteiger partial charge in [-0.1, -0.05) is 36.4 Å². The van der Waals surface area contributed by atoms with Gasteiger partial charge >= 0.3 is 6.03 Å². The fourth-order valence-corrected chi connectivity index (χ4v) is 4.43. The second-order valence-electron chi connectivity index (χ2n) is 7.92. The molecule has 1 aromatic rings. The van der Waals surface area contributed by atoms with E-state index in [0.29, 0.717) is 39.0 Å². The Kier molecular flexibility index (Phi) is 6.90. The Morgan fingerprint density at radius 2 is 1.93 bits per heavy atom. The molecule has 0 unspecified atom stereocenters. The number of nitrogens with zero attached hydrogens (tertiary/aromatic N) is 2. The van der Waals surface area contributed by atoms with Crippen LogP contribution in [0.4, 0.5) is 4.79 Å². The Bertz CT molecular complexity index is 752. The number of benzene rings is 1. The topological polar surface area (TPSA) is 95.7 Å². The van der Waals surface area contributed by atoms with Crippen molar-refractivity contribution in [1.82, 2.24) is 15.1 Å². The lowest BCUT2D eigenvalue weighted by molar-refractivity contribution is -0.139. The molecule has 156 valence electrons. The van der Waals surface area contributed by atoms with E-state index in [-0.39, 0.29) is 23.8 Å². The molecule has 2 heterocycles. The minimum Gasteiger partial charge on any atom is -0.368 e. The highest BCUT2D eigenvalue weighted by Crippen LogP contribution is 2.33. The molecule has 3 N–H and O–H groups in total. The molecule has 4 amide bonds. The van der Waals surface area contributed by atoms with Gasteiger partial charge in [0, 0.05) is 39.0 Å². The second-order valence-corrected chi connectivity index (χ2v) is 7.92. The lowest BCUT2D eigenvalue weighted by Gasteiger charge is -2.37. The maximum absolute atomic E-state index is 13.0. The SMILES string of the molecule is C=CCNC(=O)N1CC[C@@H]2CC(=O)N([C@@H](Cc3ccccc3)C(N)=O)CC[C@H]2C1. The molecule has 7 nitrogen and oxygen atoms in total. The third kappa shape index (κ3) is 5.16. The van der Waals surface area contributed by atoms with Crippen molar-refractivity contribution >= 4 is 17.8 Å². The van der Waals surface area contributed by atoms with Crippen molar-refractivity contribution in [2.75, 3.05) is 26.2 Å². The van der Waals surface area contributed by atoms with Crippen LogP contribution in [0.25, 0.3) is 0 Å². The van der Waals surface area contributed by atoms with Crippen molar-refractivity contribution in [1.29, 1.82) is 0 Å². The third-order valence-electron chi connectivity index (χ3n) is 6.05. The molecule has 3 rings (SSSR count). The highest BCUT2D eigenvalue weighted by molar-refractivity contribution is 5.87. The average molecular weight is 399 g/mol. The van der Waals surface area contributed by atoms with Gasteiger partial charge in [-0.25, -0.2) is 4.79 Å². The number of amides is 4. The molecule has 2 fully saturated rings. The number of hydrogen-bond donors (Lipinski definition) is 2. The standard InChI is InChI=1S/C22H30N4O3/c1-2-10-24-22(29)25-11-8-17-14-20(27)26(12-9-18(17)15-25)19(21(23)28)13-16-6-4-3-5-7-16/h2-7,17-19H,1,8-15H2,(H2,23,28)(H,24,29)/t17-,18+,19+/m1/s1. The van der Waals surface area contributed by atoms with Crippen molar-refractivity contribution in [3.05, 3.63) is 48.6 Å². The van der Waals surface area contributed by atoms with Crippen molar-refractivity contribution in [2.45, 2.75) is 31.7 Å². The summed E-state index contributed by atoms with van der Waals surface area (Å²) in [5, 5.41) is 2.82. The molecule has 29 heavy (non-hydrogen) atoms. The minimum absolute atomic E-state index is 0.0122. The maximum Gasteiger partial charge on any atom is 0.317 e. The zero-order chi connectivity index (χ0) is 20.8. The monoisotopic (exact) mass is 398 g/mol. The minimum atomic E-state index is -0.642. The van der Waals surface area contributed by atoms with Crippen LogP contribution in [0.5, 0.6) is 0 Å². The number of urea groups is 1. The summed E-state index contributed by atoms with van der Waals surface area (Å²) in [7, 11) is 0. The lowest BCUT2D eigenvalue weighted by Crippen LogP contribution is -2.49. The summed E-state index contributed by atoms with van der Waals surface area (Å²) in [4.78, 5) is 40.9. The first kappa shape index (κ1) is 20.9. The van der Waals surface area contributed by atoms with Gasteiger partial charge in [-0.05, 0) is 30.2 Å². The molecule has 2 aliphatic heterocycles. The largest absolute Gasteiger partial charge is 0.368 e. The first-order valence-electron chi connectivity index (χ1n) is 10.3. The van der Waals surface area contributed by atoms with Crippen LogP contribution in [0, 0.1) is 11.8 Å². The molecule has 0 aliphatic carbocycles. The third-order valence-corrected chi connectivity index (χ3v) is 6.05. The summed E-state index contributed by atoms with van der Waals surface area (Å²) in [5.41, 5.74) is 6.66. The Labute approximate surface area is 171 Å². The summed E-state index contributed by atoms with van der Waals surface area (Å²) in [5.74, 6) is -0.00191. The zero-order valence-corrected chi connectivity index (χ0v) is 16.8. The summed E-state index contributed by atoms with van der Waals surface area (Å²) in [6.07, 6.45) is 4.05. The van der Waals surface area contributed by atoms with Crippen LogP contribution in [-0.4, -0.2) is 59.9 Å². The number of nitrogens with one attached hydrogen (secondary N) is 1. The van der Waals surface area contributed by atoms with E-state index in [4.69, 9.17) is 5.73 Å². The van der Waals surface area contributed by atoms with E-state index in [1.807, 2.05) is 35.2 Å². The number of primary amides is 1. The van der Waals surface area contributed by atoms with Gasteiger partial charge in [0.15, 0.2) is 0 Å². The van der Waals surface area contributed by atoms with E-state index < -0.39 is 11.9 Å². The lowest BCUT2D eigenvalue weighted by atomic mass is 9.82. The van der Waals surface area contributed by atoms with E-state index in [1.54, 1.807) is 11.0 Å². The predicted octanol–water partition coefficient (Wildman–Crippen LogP) is 1.54. The summed E-state index contributed by atoms with van der Waals surface area (Å²) >= 11 is 0. The average Bonchev–Trinajstić information content (AvgIpc) is 2.88. The van der Waals surface area contributed by atoms with Gasteiger partial charge in [-0.2, -0.15) is 0 Å². The summed E-state index contributed by atoms with van der Waals surface area (Å²) < 4.78 is 0. The Balaban J connectivity index is 1.68. The molecule has 3 atom stereocenters. The van der Waals surface area contributed by atoms with Crippen LogP contribution in [0.3, 0.4) is 0 Å². The van der Waals surface area contributed by atoms with Crippen LogP contribution in [0.15, 0.2) is 43.0 Å². The molecule has 0 aromatic heterocycles. The van der Waals surface area contributed by atoms with Crippen LogP contribution in [0.1, 0.15) is 24.8 Å². The van der Waals surface area contributed by atoms with Crippen molar-refractivity contribution in [2.24, 2.45) is 17.6 Å². The molecule has 0 spiro atoms. The number of fused-ring (bicyclic) bond motifs is 1. The van der Waals surface area contributed by atoms with Crippen LogP contribution in [0.2, 0.25) is 0 Å². The smallest absolute Gasteiger partial charge is 0.317 e. The normalized spacial score (nSPS) is 23.0. The first-order valence-corrected chi connectivity index (χ1v) is 10.3. The summed E-state index contributed by atoms with van der Waals surface area (Å²) in [6, 6.07) is 8.90. The zero-order valence-electron chi connectivity index (χ0n) is 16.8. The number of carbonyl (C=O) groups excluding carboxylic acids is 3. The van der Waals surface area contributed by atoms with Crippen molar-refractivity contribution in [3.8, 4) is 0 Å². The van der Waals surface area contributed by atoms with Gasteiger partial charge < -0.3 is 20.9 Å². The predicted molar refractivity (Wildman–Crippen MR) is 111 cm³/mol. The van der Waals surface area contributed by atoms with Gasteiger partial charge in [-0.3, -0.25) is 9.59 Å². The number of hydrogen-bond acceptors (Lipinski definition) is 3. The molecule has 0 radical (unpaired) electrons. The quantitative estimate of drug-likeness (QED) is 0.712. The van der Waals surface area contributed by atoms with Crippen molar-refractivity contribution in [3.63, 3.8) is 0 Å². The number of carbonyl (C=O) groups is 3. The highest BCUT2D eigenvalue weighted by atomic mass is 16.2. The van der Waals surface area contributed by atoms with Crippen LogP contribution >= 0.6 is 0 Å². The highest BCUT2D eigenvalue weighted by Gasteiger charge is 2.39. The van der Waals surface area contributed by atoms with Gasteiger partial charge in [-0.15, -0.1) is 6.58 Å². The van der Waals surface area contributed by atoms with E-state index >= 15 is 0 Å². The molecule has 7 heteroatoms. The Morgan fingerprint density at radius 3 is 2.62 bits per heavy atom. The molecule has 0 bridgehead atoms. The van der Waals surface area contributed by atoms with Gasteiger partial charge in [0.1, 0.15) is 6.04 Å². The Hall–Kier alpha value is -2.83. The van der Waals surface area contributed by atoms with E-state index in [9.17, 15) is 14.4 Å². The molecule has 2 aliphatic rings. The van der Waals surface area contributed by atoms with Gasteiger partial charge in [0.2, 0.25) is 11.8 Å². The number of nitrogens with two attached hydrogens (primary N) is 1. The first-order chi connectivity index (χ1) is 14.0. The van der Waals surface area contributed by atoms with Gasteiger partial charge in [0.05, 0.1) is 0 Å².